The summed E-state index contributed by atoms with van der Waals surface area (Å²) in [5.74, 6) is 2.27. The van der Waals surface area contributed by atoms with Crippen LogP contribution in [0.3, 0.4) is 0 Å². The first-order valence-electron chi connectivity index (χ1n) is 10.1. The molecule has 0 aliphatic rings. The largest absolute Gasteiger partial charge is 0.433 e. The first-order chi connectivity index (χ1) is 16.0. The lowest BCUT2D eigenvalue weighted by Gasteiger charge is -2.29. The molecule has 174 valence electrons. The summed E-state index contributed by atoms with van der Waals surface area (Å²) in [4.78, 5) is 3.29. The molecule has 4 rings (SSSR count). The van der Waals surface area contributed by atoms with Gasteiger partial charge in [-0.2, -0.15) is 13.2 Å². The maximum absolute atomic E-state index is 13.8. The van der Waals surface area contributed by atoms with E-state index in [-0.39, 0.29) is 21.7 Å². The summed E-state index contributed by atoms with van der Waals surface area (Å²) in [5, 5.41) is 12.2. The molecule has 34 heavy (non-hydrogen) atoms. The number of benzene rings is 2. The van der Waals surface area contributed by atoms with Crippen LogP contribution in [0.15, 0.2) is 77.8 Å². The standard InChI is InChI=1S/C25H19F3N2O3S/c1-3-13-24(31,19-12-14-29-22(16-19)25(26,27)28)23-15-18-6-4-5-7-21(18)30(23)34(32,33)20-10-8-17(2)9-11-20/h1,4-12,14-16,31H,13H2,2H3. The number of halogens is 3. The Kier molecular flexibility index (Phi) is 5.75. The fourth-order valence-electron chi connectivity index (χ4n) is 3.82. The van der Waals surface area contributed by atoms with Gasteiger partial charge in [-0.25, -0.2) is 12.4 Å². The van der Waals surface area contributed by atoms with E-state index < -0.39 is 33.9 Å². The normalized spacial score (nSPS) is 14.0. The van der Waals surface area contributed by atoms with Gasteiger partial charge in [-0.3, -0.25) is 4.98 Å². The Hall–Kier alpha value is -3.61. The highest BCUT2D eigenvalue weighted by Gasteiger charge is 2.40. The first-order valence-corrected chi connectivity index (χ1v) is 11.6. The van der Waals surface area contributed by atoms with Gasteiger partial charge in [-0.15, -0.1) is 12.3 Å². The molecule has 0 amide bonds. The van der Waals surface area contributed by atoms with Crippen LogP contribution >= 0.6 is 0 Å². The lowest BCUT2D eigenvalue weighted by Crippen LogP contribution is -2.32. The Balaban J connectivity index is 2.05. The first kappa shape index (κ1) is 23.5. The summed E-state index contributed by atoms with van der Waals surface area (Å²) in [6.45, 7) is 1.81. The zero-order valence-corrected chi connectivity index (χ0v) is 18.7. The van der Waals surface area contributed by atoms with Gasteiger partial charge < -0.3 is 5.11 Å². The third-order valence-corrected chi connectivity index (χ3v) is 7.28. The predicted octanol–water partition coefficient (Wildman–Crippen LogP) is 4.86. The van der Waals surface area contributed by atoms with Crippen LogP contribution in [0.4, 0.5) is 13.2 Å². The van der Waals surface area contributed by atoms with Crippen molar-refractivity contribution >= 4 is 20.9 Å². The minimum atomic E-state index is -4.77. The molecule has 5 nitrogen and oxygen atoms in total. The third kappa shape index (κ3) is 3.95. The quantitative estimate of drug-likeness (QED) is 0.411. The molecular formula is C25H19F3N2O3S. The molecule has 1 unspecified atom stereocenters. The zero-order valence-electron chi connectivity index (χ0n) is 17.9. The second kappa shape index (κ2) is 8.31. The van der Waals surface area contributed by atoms with Crippen LogP contribution in [-0.2, 0) is 21.8 Å². The van der Waals surface area contributed by atoms with Crippen LogP contribution < -0.4 is 0 Å². The van der Waals surface area contributed by atoms with Crippen molar-refractivity contribution in [3.8, 4) is 12.3 Å². The summed E-state index contributed by atoms with van der Waals surface area (Å²) < 4.78 is 68.5. The number of terminal acetylenes is 1. The molecule has 2 aromatic heterocycles. The van der Waals surface area contributed by atoms with Gasteiger partial charge in [0.15, 0.2) is 0 Å². The highest BCUT2D eigenvalue weighted by atomic mass is 32.2. The number of para-hydroxylation sites is 1. The van der Waals surface area contributed by atoms with Crippen molar-refractivity contribution in [3.63, 3.8) is 0 Å². The van der Waals surface area contributed by atoms with Gasteiger partial charge in [0.25, 0.3) is 10.0 Å². The van der Waals surface area contributed by atoms with Gasteiger partial charge in [0.05, 0.1) is 16.1 Å². The Labute approximate surface area is 194 Å². The molecule has 0 bridgehead atoms. The number of aryl methyl sites for hydroxylation is 1. The van der Waals surface area contributed by atoms with Crippen molar-refractivity contribution in [3.05, 3.63) is 95.4 Å². The van der Waals surface area contributed by atoms with Crippen LogP contribution in [-0.4, -0.2) is 22.5 Å². The summed E-state index contributed by atoms with van der Waals surface area (Å²) in [6, 6.07) is 15.9. The Bertz CT molecular complexity index is 1520. The summed E-state index contributed by atoms with van der Waals surface area (Å²) in [7, 11) is -4.27. The monoisotopic (exact) mass is 484 g/mol. The van der Waals surface area contributed by atoms with Crippen molar-refractivity contribution in [2.45, 2.75) is 30.0 Å². The van der Waals surface area contributed by atoms with Gasteiger partial charge in [-0.1, -0.05) is 35.9 Å². The van der Waals surface area contributed by atoms with Crippen molar-refractivity contribution in [1.82, 2.24) is 8.96 Å². The minimum absolute atomic E-state index is 0.0468. The predicted molar refractivity (Wildman–Crippen MR) is 121 cm³/mol. The minimum Gasteiger partial charge on any atom is -0.378 e. The lowest BCUT2D eigenvalue weighted by molar-refractivity contribution is -0.141. The van der Waals surface area contributed by atoms with E-state index in [2.05, 4.69) is 10.9 Å². The van der Waals surface area contributed by atoms with Gasteiger partial charge in [-0.05, 0) is 48.9 Å². The summed E-state index contributed by atoms with van der Waals surface area (Å²) >= 11 is 0. The summed E-state index contributed by atoms with van der Waals surface area (Å²) in [6.07, 6.45) is 1.14. The van der Waals surface area contributed by atoms with Crippen LogP contribution in [0, 0.1) is 19.3 Å². The number of fused-ring (bicyclic) bond motifs is 1. The van der Waals surface area contributed by atoms with E-state index in [1.165, 1.54) is 24.3 Å². The fraction of sp³-hybridized carbons (Fsp3) is 0.160. The van der Waals surface area contributed by atoms with Crippen molar-refractivity contribution in [1.29, 1.82) is 0 Å². The van der Waals surface area contributed by atoms with E-state index in [1.807, 2.05) is 0 Å². The molecule has 0 aliphatic heterocycles. The zero-order chi connectivity index (χ0) is 24.7. The van der Waals surface area contributed by atoms with Crippen LogP contribution in [0.1, 0.15) is 28.9 Å². The lowest BCUT2D eigenvalue weighted by atomic mass is 9.87. The molecule has 0 radical (unpaired) electrons. The molecule has 0 saturated heterocycles. The van der Waals surface area contributed by atoms with Crippen molar-refractivity contribution in [2.24, 2.45) is 0 Å². The van der Waals surface area contributed by atoms with Gasteiger partial charge in [0, 0.05) is 18.0 Å². The Morgan fingerprint density at radius 1 is 1.06 bits per heavy atom. The molecule has 2 heterocycles. The molecule has 0 aliphatic carbocycles. The summed E-state index contributed by atoms with van der Waals surface area (Å²) in [5.41, 5.74) is -2.79. The SMILES string of the molecule is C#CCC(O)(c1ccnc(C(F)(F)F)c1)c1cc2ccccc2n1S(=O)(=O)c1ccc(C)cc1. The molecule has 1 atom stereocenters. The fourth-order valence-corrected chi connectivity index (χ4v) is 5.40. The number of aliphatic hydroxyl groups is 1. The second-order valence-corrected chi connectivity index (χ2v) is 9.63. The average Bonchev–Trinajstić information content (AvgIpc) is 3.20. The van der Waals surface area contributed by atoms with Crippen LogP contribution in [0.25, 0.3) is 10.9 Å². The number of hydrogen-bond donors (Lipinski definition) is 1. The number of hydrogen-bond acceptors (Lipinski definition) is 4. The van der Waals surface area contributed by atoms with E-state index in [0.29, 0.717) is 11.5 Å². The van der Waals surface area contributed by atoms with Crippen LogP contribution in [0.2, 0.25) is 0 Å². The average molecular weight is 484 g/mol. The Morgan fingerprint density at radius 2 is 1.74 bits per heavy atom. The van der Waals surface area contributed by atoms with Gasteiger partial charge in [0.2, 0.25) is 0 Å². The molecule has 0 saturated carbocycles. The maximum atomic E-state index is 13.8. The van der Waals surface area contributed by atoms with E-state index in [1.54, 1.807) is 43.3 Å². The highest BCUT2D eigenvalue weighted by Crippen LogP contribution is 2.40. The number of nitrogens with zero attached hydrogens (tertiary/aromatic N) is 2. The number of pyridine rings is 1. The molecule has 0 fully saturated rings. The van der Waals surface area contributed by atoms with E-state index in [4.69, 9.17) is 6.42 Å². The maximum Gasteiger partial charge on any atom is 0.433 e. The van der Waals surface area contributed by atoms with Gasteiger partial charge >= 0.3 is 6.18 Å². The highest BCUT2D eigenvalue weighted by molar-refractivity contribution is 7.90. The van der Waals surface area contributed by atoms with Gasteiger partial charge in [0.1, 0.15) is 11.3 Å². The van der Waals surface area contributed by atoms with E-state index in [0.717, 1.165) is 15.7 Å². The van der Waals surface area contributed by atoms with Crippen molar-refractivity contribution < 1.29 is 26.7 Å². The van der Waals surface area contributed by atoms with Crippen molar-refractivity contribution in [2.75, 3.05) is 0 Å². The molecule has 1 N–H and O–H groups in total. The molecule has 0 spiro atoms. The molecule has 4 aromatic rings. The smallest absolute Gasteiger partial charge is 0.378 e. The van der Waals surface area contributed by atoms with E-state index >= 15 is 0 Å². The second-order valence-electron chi connectivity index (χ2n) is 7.84. The Morgan fingerprint density at radius 3 is 2.38 bits per heavy atom. The van der Waals surface area contributed by atoms with E-state index in [9.17, 15) is 26.7 Å². The molecule has 2 aromatic carbocycles. The number of alkyl halides is 3. The molecule has 9 heteroatoms. The third-order valence-electron chi connectivity index (χ3n) is 5.54. The number of rotatable bonds is 5. The van der Waals surface area contributed by atoms with Crippen LogP contribution in [0.5, 0.6) is 0 Å². The number of aromatic nitrogens is 2. The topological polar surface area (TPSA) is 72.2 Å². The molecular weight excluding hydrogens is 465 g/mol.